The molecule has 0 bridgehead atoms. The second-order valence-electron chi connectivity index (χ2n) is 15.2. The van der Waals surface area contributed by atoms with Gasteiger partial charge in [0.25, 0.3) is 10.0 Å². The maximum Gasteiger partial charge on any atom is 0.574 e. The molecule has 3 unspecified atom stereocenters. The first-order valence-corrected chi connectivity index (χ1v) is 18.0. The highest BCUT2D eigenvalue weighted by molar-refractivity contribution is 7.90. The van der Waals surface area contributed by atoms with E-state index in [1.54, 1.807) is 0 Å². The number of fused-ring (bicyclic) bond motifs is 5. The van der Waals surface area contributed by atoms with Gasteiger partial charge in [-0.1, -0.05) is 41.0 Å². The van der Waals surface area contributed by atoms with E-state index in [1.807, 2.05) is 4.72 Å². The van der Waals surface area contributed by atoms with Crippen molar-refractivity contribution < 1.29 is 41.3 Å². The van der Waals surface area contributed by atoms with E-state index < -0.39 is 39.2 Å². The number of hydrogen-bond acceptors (Lipinski definition) is 7. The third kappa shape index (κ3) is 6.01. The number of sulfonamides is 1. The van der Waals surface area contributed by atoms with Gasteiger partial charge in [0.15, 0.2) is 0 Å². The lowest BCUT2D eigenvalue weighted by atomic mass is 9.36. The summed E-state index contributed by atoms with van der Waals surface area (Å²) in [5.41, 5.74) is -0.0408. The molecule has 11 atom stereocenters. The largest absolute Gasteiger partial charge is 0.574 e. The third-order valence-electron chi connectivity index (χ3n) is 13.3. The van der Waals surface area contributed by atoms with Crippen molar-refractivity contribution in [2.75, 3.05) is 0 Å². The molecule has 254 valence electrons. The Kier molecular flexibility index (Phi) is 9.14. The minimum absolute atomic E-state index is 0.00654. The quantitative estimate of drug-likeness (QED) is 0.303. The summed E-state index contributed by atoms with van der Waals surface area (Å²) in [4.78, 5) is 15.7. The monoisotopic (exact) mass is 658 g/mol. The van der Waals surface area contributed by atoms with Crippen molar-refractivity contribution in [2.45, 2.75) is 122 Å². The molecule has 0 radical (unpaired) electrons. The summed E-state index contributed by atoms with van der Waals surface area (Å²) in [6.07, 6.45) is 3.06. The van der Waals surface area contributed by atoms with Crippen LogP contribution in [0.1, 0.15) is 98.8 Å². The number of aliphatic hydroxyl groups is 2. The highest BCUT2D eigenvalue weighted by Gasteiger charge is 2.68. The van der Waals surface area contributed by atoms with Crippen molar-refractivity contribution >= 4 is 15.9 Å². The molecular formula is C33H49F3N2O6S. The van der Waals surface area contributed by atoms with Gasteiger partial charge in [-0.2, -0.15) is 0 Å². The van der Waals surface area contributed by atoms with Gasteiger partial charge in [-0.05, 0) is 109 Å². The minimum atomic E-state index is -4.96. The van der Waals surface area contributed by atoms with Crippen LogP contribution in [-0.2, 0) is 14.8 Å². The molecule has 4 aliphatic carbocycles. The Hall–Kier alpha value is -1.92. The Morgan fingerprint density at radius 1 is 1.09 bits per heavy atom. The molecule has 0 aromatic carbocycles. The van der Waals surface area contributed by atoms with Crippen LogP contribution in [0.15, 0.2) is 23.2 Å². The maximum atomic E-state index is 12.8. The number of carbonyl (C=O) groups is 1. The predicted octanol–water partition coefficient (Wildman–Crippen LogP) is 6.22. The number of ether oxygens (including phenoxy) is 1. The van der Waals surface area contributed by atoms with Crippen LogP contribution in [0.25, 0.3) is 0 Å². The maximum absolute atomic E-state index is 12.8. The highest BCUT2D eigenvalue weighted by atomic mass is 32.2. The number of aromatic nitrogens is 1. The Balaban J connectivity index is 1.24. The van der Waals surface area contributed by atoms with Crippen LogP contribution in [0.2, 0.25) is 0 Å². The Bertz CT molecular complexity index is 1360. The minimum Gasteiger partial charge on any atom is -0.393 e. The number of carbonyl (C=O) groups excluding carboxylic acids is 1. The fourth-order valence-corrected chi connectivity index (χ4v) is 12.0. The number of amides is 1. The molecule has 0 spiro atoms. The lowest BCUT2D eigenvalue weighted by Crippen LogP contribution is -2.66. The van der Waals surface area contributed by atoms with Gasteiger partial charge >= 0.3 is 6.36 Å². The summed E-state index contributed by atoms with van der Waals surface area (Å²) in [5.74, 6) is 0.109. The van der Waals surface area contributed by atoms with E-state index in [0.29, 0.717) is 24.2 Å². The number of rotatable bonds is 8. The fourth-order valence-electron chi connectivity index (χ4n) is 11.0. The van der Waals surface area contributed by atoms with Gasteiger partial charge in [-0.15, -0.1) is 13.2 Å². The summed E-state index contributed by atoms with van der Waals surface area (Å²) < 4.78 is 68.3. The molecular weight excluding hydrogens is 609 g/mol. The lowest BCUT2D eigenvalue weighted by Gasteiger charge is -2.69. The number of aliphatic hydroxyl groups excluding tert-OH is 2. The van der Waals surface area contributed by atoms with Crippen LogP contribution in [0.3, 0.4) is 0 Å². The molecule has 4 aliphatic rings. The van der Waals surface area contributed by atoms with Gasteiger partial charge in [0.2, 0.25) is 11.8 Å². The molecule has 12 heteroatoms. The third-order valence-corrected chi connectivity index (χ3v) is 14.6. The van der Waals surface area contributed by atoms with Crippen LogP contribution in [0.4, 0.5) is 13.2 Å². The fraction of sp³-hybridized carbons (Fsp3) is 0.818. The molecule has 45 heavy (non-hydrogen) atoms. The smallest absolute Gasteiger partial charge is 0.393 e. The van der Waals surface area contributed by atoms with Crippen molar-refractivity contribution in [3.05, 3.63) is 18.3 Å². The van der Waals surface area contributed by atoms with Crippen LogP contribution >= 0.6 is 0 Å². The van der Waals surface area contributed by atoms with Crippen molar-refractivity contribution in [1.82, 2.24) is 9.71 Å². The topological polar surface area (TPSA) is 126 Å². The zero-order valence-corrected chi connectivity index (χ0v) is 27.8. The second-order valence-corrected chi connectivity index (χ2v) is 16.9. The summed E-state index contributed by atoms with van der Waals surface area (Å²) >= 11 is 0. The first-order valence-electron chi connectivity index (χ1n) is 16.5. The zero-order chi connectivity index (χ0) is 33.2. The molecule has 8 nitrogen and oxygen atoms in total. The first kappa shape index (κ1) is 34.4. The van der Waals surface area contributed by atoms with Crippen LogP contribution in [0, 0.1) is 51.8 Å². The van der Waals surface area contributed by atoms with Gasteiger partial charge in [0, 0.05) is 12.5 Å². The van der Waals surface area contributed by atoms with Crippen molar-refractivity contribution in [3.63, 3.8) is 0 Å². The number of pyridine rings is 1. The van der Waals surface area contributed by atoms with E-state index in [9.17, 15) is 36.6 Å². The molecule has 1 amide bonds. The van der Waals surface area contributed by atoms with Gasteiger partial charge in [-0.25, -0.2) is 18.1 Å². The Labute approximate surface area is 265 Å². The number of halogens is 3. The summed E-state index contributed by atoms with van der Waals surface area (Å²) in [7, 11) is -4.31. The van der Waals surface area contributed by atoms with E-state index in [4.69, 9.17) is 0 Å². The highest BCUT2D eigenvalue weighted by Crippen LogP contribution is 2.72. The van der Waals surface area contributed by atoms with Crippen molar-refractivity contribution in [2.24, 2.45) is 51.8 Å². The number of hydrogen-bond donors (Lipinski definition) is 3. The SMILES string of the molecule is CC[C@H]1[C@@H](O)C2C3CC[C@H]([C@H](C)CCC(=O)NS(=O)(=O)c4ccc(OC(F)(F)F)nc4)[C@@]3(C)CCC2[C@@]2(C)CC[C@@H](O)C[C@@]12C. The van der Waals surface area contributed by atoms with E-state index in [-0.39, 0.29) is 46.5 Å². The lowest BCUT2D eigenvalue weighted by molar-refractivity contribution is -0.276. The first-order chi connectivity index (χ1) is 20.9. The molecule has 5 rings (SSSR count). The van der Waals surface area contributed by atoms with E-state index in [0.717, 1.165) is 69.7 Å². The molecule has 4 fully saturated rings. The molecule has 0 aliphatic heterocycles. The van der Waals surface area contributed by atoms with E-state index >= 15 is 0 Å². The molecule has 1 heterocycles. The molecule has 1 aromatic rings. The zero-order valence-electron chi connectivity index (χ0n) is 26.9. The number of alkyl halides is 3. The van der Waals surface area contributed by atoms with Crippen LogP contribution in [-0.4, -0.2) is 48.1 Å². The average molecular weight is 659 g/mol. The standard InChI is InChI=1S/C33H49F3N2O6S/c1-6-22-29(41)28-24-10-9-23(30(24,3)15-14-25(28)31(4)16-13-20(39)17-32(22,31)5)19(2)7-11-26(40)38-45(42,43)21-8-12-27(37-18-21)44-33(34,35)36/h8,12,18-20,22-25,28-29,39,41H,6-7,9-11,13-17H2,1-5H3,(H,38,40)/t19-,20-,22+,23-,24?,25?,28?,29-,30-,31-,32+/m1/s1. The summed E-state index contributed by atoms with van der Waals surface area (Å²) in [5, 5.41) is 22.7. The van der Waals surface area contributed by atoms with Gasteiger partial charge < -0.3 is 14.9 Å². The van der Waals surface area contributed by atoms with Crippen molar-refractivity contribution in [3.8, 4) is 5.88 Å². The Morgan fingerprint density at radius 3 is 2.42 bits per heavy atom. The molecule has 0 saturated heterocycles. The van der Waals surface area contributed by atoms with Crippen molar-refractivity contribution in [1.29, 1.82) is 0 Å². The van der Waals surface area contributed by atoms with Gasteiger partial charge in [0.1, 0.15) is 4.90 Å². The van der Waals surface area contributed by atoms with Gasteiger partial charge in [0.05, 0.1) is 18.4 Å². The summed E-state index contributed by atoms with van der Waals surface area (Å²) in [6.45, 7) is 11.4. The number of nitrogens with zero attached hydrogens (tertiary/aromatic N) is 1. The summed E-state index contributed by atoms with van der Waals surface area (Å²) in [6, 6.07) is 1.69. The van der Waals surface area contributed by atoms with E-state index in [1.165, 1.54) is 0 Å². The van der Waals surface area contributed by atoms with Crippen LogP contribution < -0.4 is 9.46 Å². The molecule has 4 saturated carbocycles. The van der Waals surface area contributed by atoms with Gasteiger partial charge in [-0.3, -0.25) is 4.79 Å². The molecule has 3 N–H and O–H groups in total. The predicted molar refractivity (Wildman–Crippen MR) is 161 cm³/mol. The normalized spacial score (nSPS) is 40.5. The average Bonchev–Trinajstić information content (AvgIpc) is 3.29. The van der Waals surface area contributed by atoms with E-state index in [2.05, 4.69) is 44.3 Å². The second kappa shape index (κ2) is 12.0. The Morgan fingerprint density at radius 2 is 1.80 bits per heavy atom. The number of nitrogens with one attached hydrogen (secondary N) is 1. The molecule has 1 aromatic heterocycles. The van der Waals surface area contributed by atoms with Crippen LogP contribution in [0.5, 0.6) is 5.88 Å².